The van der Waals surface area contributed by atoms with Gasteiger partial charge in [0.15, 0.2) is 11.5 Å². The van der Waals surface area contributed by atoms with Gasteiger partial charge in [-0.05, 0) is 34.7 Å². The third-order valence-electron chi connectivity index (χ3n) is 2.92. The van der Waals surface area contributed by atoms with Crippen molar-refractivity contribution in [2.75, 3.05) is 18.5 Å². The second kappa shape index (κ2) is 3.73. The van der Waals surface area contributed by atoms with Crippen molar-refractivity contribution in [3.63, 3.8) is 0 Å². The Morgan fingerprint density at radius 3 is 3.12 bits per heavy atom. The van der Waals surface area contributed by atoms with Crippen LogP contribution in [0, 0.1) is 5.92 Å². The molecule has 1 aliphatic carbocycles. The fraction of sp³-hybridized carbons (Fsp3) is 0.455. The minimum Gasteiger partial charge on any atom is -0.356 e. The number of fused-ring (bicyclic) bond motifs is 1. The number of hydrogen-bond acceptors (Lipinski definition) is 3. The van der Waals surface area contributed by atoms with E-state index in [4.69, 9.17) is 0 Å². The van der Waals surface area contributed by atoms with E-state index in [1.807, 2.05) is 16.8 Å². The predicted octanol–water partition coefficient (Wildman–Crippen LogP) is 2.34. The highest BCUT2D eigenvalue weighted by molar-refractivity contribution is 9.10. The second-order valence-electron chi connectivity index (χ2n) is 4.37. The van der Waals surface area contributed by atoms with Crippen molar-refractivity contribution in [3.05, 3.63) is 23.2 Å². The highest BCUT2D eigenvalue weighted by Gasteiger charge is 2.24. The van der Waals surface area contributed by atoms with Gasteiger partial charge in [-0.15, -0.1) is 0 Å². The number of hydrogen-bond donors (Lipinski definition) is 0. The molecule has 0 unspecified atom stereocenters. The predicted molar refractivity (Wildman–Crippen MR) is 66.7 cm³/mol. The molecule has 5 heteroatoms. The monoisotopic (exact) mass is 280 g/mol. The topological polar surface area (TPSA) is 33.4 Å². The Balaban J connectivity index is 2.02. The minimum atomic E-state index is 0.843. The van der Waals surface area contributed by atoms with Crippen LogP contribution in [0.1, 0.15) is 12.8 Å². The first-order valence-corrected chi connectivity index (χ1v) is 6.23. The van der Waals surface area contributed by atoms with Crippen LogP contribution in [0.3, 0.4) is 0 Å². The van der Waals surface area contributed by atoms with Crippen LogP contribution in [0.25, 0.3) is 5.65 Å². The first kappa shape index (κ1) is 10.1. The SMILES string of the molecule is CN(CC1CC1)c1nc(Br)cn2ccnc12. The van der Waals surface area contributed by atoms with Crippen molar-refractivity contribution in [2.24, 2.45) is 5.92 Å². The number of anilines is 1. The fourth-order valence-electron chi connectivity index (χ4n) is 1.92. The molecule has 0 bridgehead atoms. The van der Waals surface area contributed by atoms with Crippen LogP contribution in [0.4, 0.5) is 5.82 Å². The summed E-state index contributed by atoms with van der Waals surface area (Å²) in [4.78, 5) is 11.1. The Bertz CT molecular complexity index is 518. The molecule has 0 aliphatic heterocycles. The highest BCUT2D eigenvalue weighted by Crippen LogP contribution is 2.31. The molecule has 1 saturated carbocycles. The van der Waals surface area contributed by atoms with Crippen LogP contribution in [-0.2, 0) is 0 Å². The first-order valence-electron chi connectivity index (χ1n) is 5.44. The minimum absolute atomic E-state index is 0.843. The van der Waals surface area contributed by atoms with E-state index in [9.17, 15) is 0 Å². The molecule has 0 amide bonds. The summed E-state index contributed by atoms with van der Waals surface area (Å²) in [6, 6.07) is 0. The third-order valence-corrected chi connectivity index (χ3v) is 3.30. The average Bonchev–Trinajstić information content (AvgIpc) is 2.93. The van der Waals surface area contributed by atoms with E-state index in [1.54, 1.807) is 6.20 Å². The van der Waals surface area contributed by atoms with Crippen molar-refractivity contribution >= 4 is 27.4 Å². The average molecular weight is 281 g/mol. The number of halogens is 1. The molecule has 2 aromatic heterocycles. The van der Waals surface area contributed by atoms with Gasteiger partial charge < -0.3 is 9.30 Å². The number of nitrogens with zero attached hydrogens (tertiary/aromatic N) is 4. The van der Waals surface area contributed by atoms with Gasteiger partial charge in [0.2, 0.25) is 0 Å². The molecule has 1 fully saturated rings. The van der Waals surface area contributed by atoms with Crippen LogP contribution in [0.2, 0.25) is 0 Å². The molecule has 16 heavy (non-hydrogen) atoms. The summed E-state index contributed by atoms with van der Waals surface area (Å²) in [5.41, 5.74) is 0.923. The standard InChI is InChI=1S/C11H13BrN4/c1-15(6-8-2-3-8)11-10-13-4-5-16(10)7-9(12)14-11/h4-5,7-8H,2-3,6H2,1H3. The molecule has 0 radical (unpaired) electrons. The van der Waals surface area contributed by atoms with Gasteiger partial charge in [-0.25, -0.2) is 9.97 Å². The number of aromatic nitrogens is 3. The van der Waals surface area contributed by atoms with Crippen LogP contribution >= 0.6 is 15.9 Å². The Morgan fingerprint density at radius 1 is 1.56 bits per heavy atom. The molecule has 0 spiro atoms. The van der Waals surface area contributed by atoms with Crippen LogP contribution < -0.4 is 4.90 Å². The Hall–Kier alpha value is -1.10. The molecule has 0 N–H and O–H groups in total. The second-order valence-corrected chi connectivity index (χ2v) is 5.18. The van der Waals surface area contributed by atoms with E-state index in [0.717, 1.165) is 28.5 Å². The third kappa shape index (κ3) is 1.80. The van der Waals surface area contributed by atoms with E-state index in [1.165, 1.54) is 12.8 Å². The van der Waals surface area contributed by atoms with Gasteiger partial charge in [0, 0.05) is 32.2 Å². The Morgan fingerprint density at radius 2 is 2.38 bits per heavy atom. The molecule has 2 aromatic rings. The lowest BCUT2D eigenvalue weighted by molar-refractivity contribution is 0.775. The molecule has 0 atom stereocenters. The van der Waals surface area contributed by atoms with Crippen molar-refractivity contribution < 1.29 is 0 Å². The molecule has 2 heterocycles. The molecule has 4 nitrogen and oxygen atoms in total. The first-order chi connectivity index (χ1) is 7.74. The van der Waals surface area contributed by atoms with Gasteiger partial charge in [-0.2, -0.15) is 0 Å². The van der Waals surface area contributed by atoms with Crippen molar-refractivity contribution in [1.29, 1.82) is 0 Å². The van der Waals surface area contributed by atoms with Crippen LogP contribution in [-0.4, -0.2) is 28.0 Å². The maximum atomic E-state index is 4.51. The Labute approximate surface area is 102 Å². The summed E-state index contributed by atoms with van der Waals surface area (Å²) in [5.74, 6) is 1.80. The van der Waals surface area contributed by atoms with Gasteiger partial charge in [0.25, 0.3) is 0 Å². The van der Waals surface area contributed by atoms with Gasteiger partial charge in [-0.3, -0.25) is 0 Å². The quantitative estimate of drug-likeness (QED) is 0.865. The van der Waals surface area contributed by atoms with Crippen molar-refractivity contribution in [2.45, 2.75) is 12.8 Å². The number of imidazole rings is 1. The lowest BCUT2D eigenvalue weighted by Crippen LogP contribution is -2.22. The summed E-state index contributed by atoms with van der Waals surface area (Å²) in [6.07, 6.45) is 8.37. The molecule has 84 valence electrons. The van der Waals surface area contributed by atoms with Crippen LogP contribution in [0.15, 0.2) is 23.2 Å². The summed E-state index contributed by atoms with van der Waals surface area (Å²) >= 11 is 3.43. The maximum absolute atomic E-state index is 4.51. The summed E-state index contributed by atoms with van der Waals surface area (Å²) in [7, 11) is 2.09. The van der Waals surface area contributed by atoms with Gasteiger partial charge in [-0.1, -0.05) is 0 Å². The molecular weight excluding hydrogens is 268 g/mol. The molecule has 3 rings (SSSR count). The molecule has 0 saturated heterocycles. The van der Waals surface area contributed by atoms with Crippen LogP contribution in [0.5, 0.6) is 0 Å². The van der Waals surface area contributed by atoms with Gasteiger partial charge in [0.05, 0.1) is 0 Å². The van der Waals surface area contributed by atoms with E-state index >= 15 is 0 Å². The zero-order valence-corrected chi connectivity index (χ0v) is 10.7. The Kier molecular flexibility index (Phi) is 2.35. The maximum Gasteiger partial charge on any atom is 0.180 e. The van der Waals surface area contributed by atoms with Crippen molar-refractivity contribution in [3.8, 4) is 0 Å². The van der Waals surface area contributed by atoms with E-state index in [2.05, 4.69) is 37.8 Å². The van der Waals surface area contributed by atoms with Gasteiger partial charge >= 0.3 is 0 Å². The zero-order chi connectivity index (χ0) is 11.1. The van der Waals surface area contributed by atoms with Gasteiger partial charge in [0.1, 0.15) is 4.60 Å². The van der Waals surface area contributed by atoms with Crippen molar-refractivity contribution in [1.82, 2.24) is 14.4 Å². The summed E-state index contributed by atoms with van der Waals surface area (Å²) in [5, 5.41) is 0. The van der Waals surface area contributed by atoms with E-state index < -0.39 is 0 Å². The molecule has 1 aliphatic rings. The smallest absolute Gasteiger partial charge is 0.180 e. The fourth-order valence-corrected chi connectivity index (χ4v) is 2.30. The number of rotatable bonds is 3. The largest absolute Gasteiger partial charge is 0.356 e. The lowest BCUT2D eigenvalue weighted by Gasteiger charge is -2.18. The lowest BCUT2D eigenvalue weighted by atomic mass is 10.4. The zero-order valence-electron chi connectivity index (χ0n) is 9.10. The highest BCUT2D eigenvalue weighted by atomic mass is 79.9. The normalized spacial score (nSPS) is 15.6. The van der Waals surface area contributed by atoms with E-state index in [0.29, 0.717) is 0 Å². The molecule has 0 aromatic carbocycles. The summed E-state index contributed by atoms with van der Waals surface area (Å²) < 4.78 is 2.84. The summed E-state index contributed by atoms with van der Waals surface area (Å²) in [6.45, 7) is 1.08. The van der Waals surface area contributed by atoms with E-state index in [-0.39, 0.29) is 0 Å². The molecular formula is C11H13BrN4.